The summed E-state index contributed by atoms with van der Waals surface area (Å²) >= 11 is 8.91. The molecule has 1 aliphatic heterocycles. The summed E-state index contributed by atoms with van der Waals surface area (Å²) in [5, 5.41) is 5.96. The van der Waals surface area contributed by atoms with Crippen molar-refractivity contribution in [1.82, 2.24) is 5.32 Å². The number of amides is 1. The van der Waals surface area contributed by atoms with Gasteiger partial charge < -0.3 is 10.6 Å². The molecular weight excluding hydrogens is 310 g/mol. The largest absolute Gasteiger partial charge is 0.323 e. The summed E-state index contributed by atoms with van der Waals surface area (Å²) < 4.78 is 13.4. The van der Waals surface area contributed by atoms with Gasteiger partial charge in [-0.2, -0.15) is 0 Å². The number of carbonyl (C=O) groups excluding carboxylic acids is 1. The summed E-state index contributed by atoms with van der Waals surface area (Å²) in [6, 6.07) is 2.45. The van der Waals surface area contributed by atoms with Gasteiger partial charge in [0.1, 0.15) is 5.82 Å². The first kappa shape index (κ1) is 12.8. The molecule has 0 aromatic heterocycles. The first-order chi connectivity index (χ1) is 8.08. The molecule has 0 unspecified atom stereocenters. The molecule has 0 radical (unpaired) electrons. The number of hydrogen-bond acceptors (Lipinski definition) is 2. The molecule has 1 heterocycles. The van der Waals surface area contributed by atoms with E-state index in [1.54, 1.807) is 0 Å². The van der Waals surface area contributed by atoms with Crippen molar-refractivity contribution >= 4 is 39.1 Å². The first-order valence-corrected chi connectivity index (χ1v) is 6.44. The molecule has 0 bridgehead atoms. The Morgan fingerprint density at radius 3 is 3.00 bits per heavy atom. The van der Waals surface area contributed by atoms with Crippen LogP contribution in [-0.4, -0.2) is 18.5 Å². The molecule has 1 aromatic rings. The van der Waals surface area contributed by atoms with E-state index in [1.807, 2.05) is 0 Å². The molecule has 2 rings (SSSR count). The molecular formula is C11H11BrClFN2O. The Morgan fingerprint density at radius 1 is 1.59 bits per heavy atom. The van der Waals surface area contributed by atoms with Gasteiger partial charge in [0.2, 0.25) is 5.91 Å². The van der Waals surface area contributed by atoms with E-state index in [0.717, 1.165) is 19.4 Å². The zero-order chi connectivity index (χ0) is 12.4. The molecule has 1 aliphatic rings. The van der Waals surface area contributed by atoms with Crippen molar-refractivity contribution in [3.63, 3.8) is 0 Å². The van der Waals surface area contributed by atoms with Crippen LogP contribution in [0.25, 0.3) is 0 Å². The monoisotopic (exact) mass is 320 g/mol. The summed E-state index contributed by atoms with van der Waals surface area (Å²) in [6.07, 6.45) is 1.80. The molecule has 1 aromatic carbocycles. The minimum absolute atomic E-state index is 0.136. The van der Waals surface area contributed by atoms with Crippen LogP contribution in [0.3, 0.4) is 0 Å². The summed E-state index contributed by atoms with van der Waals surface area (Å²) in [7, 11) is 0. The lowest BCUT2D eigenvalue weighted by Crippen LogP contribution is -2.35. The topological polar surface area (TPSA) is 41.1 Å². The van der Waals surface area contributed by atoms with E-state index in [-0.39, 0.29) is 21.4 Å². The van der Waals surface area contributed by atoms with Crippen LogP contribution < -0.4 is 10.6 Å². The van der Waals surface area contributed by atoms with Gasteiger partial charge in [-0.05, 0) is 47.4 Å². The highest BCUT2D eigenvalue weighted by molar-refractivity contribution is 9.10. The fourth-order valence-electron chi connectivity index (χ4n) is 1.75. The first-order valence-electron chi connectivity index (χ1n) is 5.26. The fourth-order valence-corrected chi connectivity index (χ4v) is 2.29. The van der Waals surface area contributed by atoms with E-state index in [4.69, 9.17) is 11.6 Å². The van der Waals surface area contributed by atoms with E-state index in [0.29, 0.717) is 5.69 Å². The third-order valence-electron chi connectivity index (χ3n) is 2.64. The summed E-state index contributed by atoms with van der Waals surface area (Å²) in [5.41, 5.74) is 0.415. The Hall–Kier alpha value is -0.650. The lowest BCUT2D eigenvalue weighted by molar-refractivity contribution is -0.117. The van der Waals surface area contributed by atoms with Gasteiger partial charge in [0.15, 0.2) is 0 Å². The third kappa shape index (κ3) is 2.97. The van der Waals surface area contributed by atoms with Crippen LogP contribution in [0.4, 0.5) is 10.1 Å². The maximum Gasteiger partial charge on any atom is 0.241 e. The standard InChI is InChI=1S/C11H11BrClFN2O/c12-6-4-10(7(13)5-8(6)14)16-11(17)9-2-1-3-15-9/h4-5,9,15H,1-3H2,(H,16,17)/t9-/m0/s1. The van der Waals surface area contributed by atoms with E-state index < -0.39 is 5.82 Å². The summed E-state index contributed by atoms with van der Waals surface area (Å²) in [5.74, 6) is -0.588. The van der Waals surface area contributed by atoms with Crippen molar-refractivity contribution in [2.45, 2.75) is 18.9 Å². The molecule has 2 N–H and O–H groups in total. The lowest BCUT2D eigenvalue weighted by atomic mass is 10.2. The van der Waals surface area contributed by atoms with Crippen LogP contribution >= 0.6 is 27.5 Å². The molecule has 1 amide bonds. The van der Waals surface area contributed by atoms with Gasteiger partial charge in [-0.1, -0.05) is 11.6 Å². The highest BCUT2D eigenvalue weighted by Crippen LogP contribution is 2.28. The average molecular weight is 322 g/mol. The molecule has 1 fully saturated rings. The van der Waals surface area contributed by atoms with Crippen molar-refractivity contribution in [2.24, 2.45) is 0 Å². The molecule has 17 heavy (non-hydrogen) atoms. The second-order valence-electron chi connectivity index (χ2n) is 3.88. The number of nitrogens with one attached hydrogen (secondary N) is 2. The van der Waals surface area contributed by atoms with Crippen LogP contribution in [0.1, 0.15) is 12.8 Å². The van der Waals surface area contributed by atoms with Gasteiger partial charge in [-0.15, -0.1) is 0 Å². The number of hydrogen-bond donors (Lipinski definition) is 2. The van der Waals surface area contributed by atoms with Crippen LogP contribution in [0, 0.1) is 5.82 Å². The van der Waals surface area contributed by atoms with E-state index in [1.165, 1.54) is 12.1 Å². The van der Waals surface area contributed by atoms with E-state index in [2.05, 4.69) is 26.6 Å². The van der Waals surface area contributed by atoms with Crippen molar-refractivity contribution in [1.29, 1.82) is 0 Å². The number of benzene rings is 1. The Bertz CT molecular complexity index is 449. The number of anilines is 1. The quantitative estimate of drug-likeness (QED) is 0.822. The SMILES string of the molecule is O=C(Nc1cc(Br)c(F)cc1Cl)[C@@H]1CCCN1. The fraction of sp³-hybridized carbons (Fsp3) is 0.364. The second-order valence-corrected chi connectivity index (χ2v) is 5.15. The van der Waals surface area contributed by atoms with Gasteiger partial charge in [0.05, 0.1) is 21.2 Å². The molecule has 0 spiro atoms. The maximum atomic E-state index is 13.1. The third-order valence-corrected chi connectivity index (χ3v) is 3.57. The van der Waals surface area contributed by atoms with Crippen molar-refractivity contribution in [3.8, 4) is 0 Å². The van der Waals surface area contributed by atoms with E-state index >= 15 is 0 Å². The maximum absolute atomic E-state index is 13.1. The molecule has 1 saturated heterocycles. The highest BCUT2D eigenvalue weighted by atomic mass is 79.9. The average Bonchev–Trinajstić information content (AvgIpc) is 2.79. The smallest absolute Gasteiger partial charge is 0.241 e. The van der Waals surface area contributed by atoms with Crippen molar-refractivity contribution < 1.29 is 9.18 Å². The lowest BCUT2D eigenvalue weighted by Gasteiger charge is -2.12. The zero-order valence-corrected chi connectivity index (χ0v) is 11.2. The number of halogens is 3. The molecule has 3 nitrogen and oxygen atoms in total. The van der Waals surface area contributed by atoms with Gasteiger partial charge in [0, 0.05) is 0 Å². The Morgan fingerprint density at radius 2 is 2.35 bits per heavy atom. The molecule has 1 atom stereocenters. The normalized spacial score (nSPS) is 19.4. The van der Waals surface area contributed by atoms with Gasteiger partial charge in [-0.3, -0.25) is 4.79 Å². The molecule has 6 heteroatoms. The molecule has 92 valence electrons. The van der Waals surface area contributed by atoms with E-state index in [9.17, 15) is 9.18 Å². The predicted molar refractivity (Wildman–Crippen MR) is 68.8 cm³/mol. The van der Waals surface area contributed by atoms with Crippen molar-refractivity contribution in [2.75, 3.05) is 11.9 Å². The minimum Gasteiger partial charge on any atom is -0.323 e. The number of carbonyl (C=O) groups is 1. The highest BCUT2D eigenvalue weighted by Gasteiger charge is 2.22. The minimum atomic E-state index is -0.452. The van der Waals surface area contributed by atoms with Crippen molar-refractivity contribution in [3.05, 3.63) is 27.4 Å². The summed E-state index contributed by atoms with van der Waals surface area (Å²) in [4.78, 5) is 11.8. The Labute approximate surface area is 112 Å². The van der Waals surface area contributed by atoms with Crippen LogP contribution in [0.2, 0.25) is 5.02 Å². The Kier molecular flexibility index (Phi) is 4.01. The predicted octanol–water partition coefficient (Wildman–Crippen LogP) is 2.93. The van der Waals surface area contributed by atoms with Gasteiger partial charge in [0.25, 0.3) is 0 Å². The Balaban J connectivity index is 2.12. The van der Waals surface area contributed by atoms with Gasteiger partial charge in [-0.25, -0.2) is 4.39 Å². The van der Waals surface area contributed by atoms with Crippen LogP contribution in [0.5, 0.6) is 0 Å². The second kappa shape index (κ2) is 5.33. The van der Waals surface area contributed by atoms with Crippen LogP contribution in [0.15, 0.2) is 16.6 Å². The van der Waals surface area contributed by atoms with Crippen LogP contribution in [-0.2, 0) is 4.79 Å². The zero-order valence-electron chi connectivity index (χ0n) is 8.90. The summed E-state index contributed by atoms with van der Waals surface area (Å²) in [6.45, 7) is 0.846. The molecule has 0 saturated carbocycles. The van der Waals surface area contributed by atoms with Gasteiger partial charge >= 0.3 is 0 Å². The number of rotatable bonds is 2. The molecule has 0 aliphatic carbocycles.